The van der Waals surface area contributed by atoms with Crippen LogP contribution in [0.3, 0.4) is 0 Å². The molecule has 0 spiro atoms. The van der Waals surface area contributed by atoms with Crippen LogP contribution in [0.25, 0.3) is 11.1 Å². The summed E-state index contributed by atoms with van der Waals surface area (Å²) in [6.07, 6.45) is -3.38. The summed E-state index contributed by atoms with van der Waals surface area (Å²) in [4.78, 5) is 2.40. The molecule has 5 rings (SSSR count). The summed E-state index contributed by atoms with van der Waals surface area (Å²) in [6, 6.07) is 16.2. The highest BCUT2D eigenvalue weighted by Crippen LogP contribution is 2.44. The van der Waals surface area contributed by atoms with Crippen molar-refractivity contribution >= 4 is 10.0 Å². The minimum atomic E-state index is -4.85. The Bertz CT molecular complexity index is 1440. The molecule has 2 fully saturated rings. The van der Waals surface area contributed by atoms with Crippen LogP contribution < -0.4 is 0 Å². The lowest BCUT2D eigenvalue weighted by atomic mass is 9.74. The molecular formula is C29H30F4N2O3S. The largest absolute Gasteiger partial charge is 0.419 e. The zero-order valence-corrected chi connectivity index (χ0v) is 22.2. The number of halogens is 4. The normalized spacial score (nSPS) is 23.0. The molecule has 2 aliphatic heterocycles. The Morgan fingerprint density at radius 3 is 2.31 bits per heavy atom. The summed E-state index contributed by atoms with van der Waals surface area (Å²) >= 11 is 0. The minimum Gasteiger partial charge on any atom is -0.395 e. The summed E-state index contributed by atoms with van der Waals surface area (Å²) in [7, 11) is -3.75. The predicted octanol–water partition coefficient (Wildman–Crippen LogP) is 5.43. The average Bonchev–Trinajstić information content (AvgIpc) is 2.87. The van der Waals surface area contributed by atoms with Crippen LogP contribution in [0.1, 0.15) is 35.4 Å². The lowest BCUT2D eigenvalue weighted by Crippen LogP contribution is -2.67. The molecule has 208 valence electrons. The van der Waals surface area contributed by atoms with Gasteiger partial charge in [0.25, 0.3) is 0 Å². The van der Waals surface area contributed by atoms with Gasteiger partial charge < -0.3 is 5.11 Å². The highest BCUT2D eigenvalue weighted by Gasteiger charge is 2.50. The van der Waals surface area contributed by atoms with E-state index in [1.54, 1.807) is 43.3 Å². The maximum absolute atomic E-state index is 14.1. The summed E-state index contributed by atoms with van der Waals surface area (Å²) < 4.78 is 83.6. The Kier molecular flexibility index (Phi) is 7.58. The first-order chi connectivity index (χ1) is 18.5. The number of aliphatic hydroxyl groups excluding tert-OH is 1. The molecular weight excluding hydrogens is 532 g/mol. The second-order valence-corrected chi connectivity index (χ2v) is 12.1. The minimum absolute atomic E-state index is 0.129. The van der Waals surface area contributed by atoms with E-state index in [9.17, 15) is 31.1 Å². The van der Waals surface area contributed by atoms with E-state index in [1.807, 2.05) is 0 Å². The zero-order chi connectivity index (χ0) is 27.9. The van der Waals surface area contributed by atoms with Crippen LogP contribution in [0.15, 0.2) is 71.6 Å². The van der Waals surface area contributed by atoms with Crippen LogP contribution in [-0.2, 0) is 16.2 Å². The smallest absolute Gasteiger partial charge is 0.395 e. The molecule has 0 aliphatic carbocycles. The van der Waals surface area contributed by atoms with Crippen molar-refractivity contribution in [2.45, 2.75) is 48.8 Å². The monoisotopic (exact) mass is 562 g/mol. The van der Waals surface area contributed by atoms with Gasteiger partial charge in [0.1, 0.15) is 5.82 Å². The first-order valence-corrected chi connectivity index (χ1v) is 14.4. The van der Waals surface area contributed by atoms with E-state index in [4.69, 9.17) is 0 Å². The Labute approximate surface area is 225 Å². The first-order valence-electron chi connectivity index (χ1n) is 12.9. The Morgan fingerprint density at radius 2 is 1.64 bits per heavy atom. The zero-order valence-electron chi connectivity index (χ0n) is 21.4. The molecule has 3 atom stereocenters. The standard InChI is InChI=1S/C29H30F4N2O3S/c1-19-7-2-3-10-26(19)39(37,38)34-15-4-5-16-35-24(17-34)27(25(35)18-36)21-13-11-20(12-14-21)22-8-6-9-23(30)28(22)29(31,32)33/h2-3,6-14,24-25,27,36H,4-5,15-18H2,1H3. The molecule has 3 unspecified atom stereocenters. The van der Waals surface area contributed by atoms with E-state index >= 15 is 0 Å². The van der Waals surface area contributed by atoms with E-state index < -0.39 is 27.6 Å². The topological polar surface area (TPSA) is 60.9 Å². The quantitative estimate of drug-likeness (QED) is 0.421. The molecule has 0 bridgehead atoms. The van der Waals surface area contributed by atoms with Gasteiger partial charge in [0, 0.05) is 31.1 Å². The summed E-state index contributed by atoms with van der Waals surface area (Å²) in [5.74, 6) is -1.55. The number of aliphatic hydroxyl groups is 1. The van der Waals surface area contributed by atoms with Crippen LogP contribution in [0.2, 0.25) is 0 Å². The summed E-state index contributed by atoms with van der Waals surface area (Å²) in [5.41, 5.74) is 0.129. The molecule has 0 aromatic heterocycles. The van der Waals surface area contributed by atoms with Gasteiger partial charge in [-0.1, -0.05) is 54.6 Å². The molecule has 1 N–H and O–H groups in total. The number of hydrogen-bond acceptors (Lipinski definition) is 4. The van der Waals surface area contributed by atoms with Crippen molar-refractivity contribution in [1.82, 2.24) is 9.21 Å². The highest BCUT2D eigenvalue weighted by atomic mass is 32.2. The molecule has 2 aliphatic rings. The Morgan fingerprint density at radius 1 is 0.949 bits per heavy atom. The van der Waals surface area contributed by atoms with Gasteiger partial charge in [0.2, 0.25) is 10.0 Å². The van der Waals surface area contributed by atoms with Crippen molar-refractivity contribution in [2.75, 3.05) is 26.2 Å². The molecule has 2 heterocycles. The van der Waals surface area contributed by atoms with Crippen LogP contribution in [0, 0.1) is 12.7 Å². The van der Waals surface area contributed by atoms with E-state index in [0.29, 0.717) is 18.5 Å². The predicted molar refractivity (Wildman–Crippen MR) is 140 cm³/mol. The molecule has 2 saturated heterocycles. The van der Waals surface area contributed by atoms with Crippen LogP contribution >= 0.6 is 0 Å². The lowest BCUT2D eigenvalue weighted by Gasteiger charge is -2.57. The fraction of sp³-hybridized carbons (Fsp3) is 0.379. The van der Waals surface area contributed by atoms with Crippen molar-refractivity contribution in [3.8, 4) is 11.1 Å². The van der Waals surface area contributed by atoms with E-state index in [-0.39, 0.29) is 47.2 Å². The number of sulfonamides is 1. The van der Waals surface area contributed by atoms with E-state index in [1.165, 1.54) is 28.6 Å². The molecule has 0 radical (unpaired) electrons. The molecule has 39 heavy (non-hydrogen) atoms. The van der Waals surface area contributed by atoms with Crippen LogP contribution in [0.4, 0.5) is 17.6 Å². The number of fused-ring (bicyclic) bond motifs is 1. The number of aryl methyl sites for hydroxylation is 1. The Balaban J connectivity index is 1.46. The number of alkyl halides is 3. The van der Waals surface area contributed by atoms with Crippen molar-refractivity contribution in [3.05, 3.63) is 89.2 Å². The maximum atomic E-state index is 14.1. The van der Waals surface area contributed by atoms with Gasteiger partial charge in [0.15, 0.2) is 0 Å². The third-order valence-corrected chi connectivity index (χ3v) is 9.97. The number of hydrogen-bond donors (Lipinski definition) is 1. The first kappa shape index (κ1) is 27.8. The third kappa shape index (κ3) is 5.11. The molecule has 10 heteroatoms. The molecule has 0 saturated carbocycles. The van der Waals surface area contributed by atoms with Crippen molar-refractivity contribution < 1.29 is 31.1 Å². The van der Waals surface area contributed by atoms with Gasteiger partial charge in [-0.3, -0.25) is 4.90 Å². The van der Waals surface area contributed by atoms with Gasteiger partial charge in [-0.15, -0.1) is 0 Å². The van der Waals surface area contributed by atoms with Gasteiger partial charge >= 0.3 is 6.18 Å². The lowest BCUT2D eigenvalue weighted by molar-refractivity contribution is -0.139. The SMILES string of the molecule is Cc1ccccc1S(=O)(=O)N1CCCCN2C(CO)C(c3ccc(-c4cccc(F)c4C(F)(F)F)cc3)C2C1. The second-order valence-electron chi connectivity index (χ2n) is 10.2. The Hall–Kier alpha value is -2.79. The maximum Gasteiger partial charge on any atom is 0.419 e. The van der Waals surface area contributed by atoms with Crippen molar-refractivity contribution in [3.63, 3.8) is 0 Å². The molecule has 5 nitrogen and oxygen atoms in total. The highest BCUT2D eigenvalue weighted by molar-refractivity contribution is 7.89. The van der Waals surface area contributed by atoms with Crippen molar-refractivity contribution in [2.24, 2.45) is 0 Å². The summed E-state index contributed by atoms with van der Waals surface area (Å²) in [6.45, 7) is 2.98. The van der Waals surface area contributed by atoms with Crippen LogP contribution in [0.5, 0.6) is 0 Å². The van der Waals surface area contributed by atoms with E-state index in [2.05, 4.69) is 4.90 Å². The average molecular weight is 563 g/mol. The fourth-order valence-corrected chi connectivity index (χ4v) is 7.77. The van der Waals surface area contributed by atoms with Gasteiger partial charge in [-0.25, -0.2) is 12.8 Å². The van der Waals surface area contributed by atoms with Gasteiger partial charge in [0.05, 0.1) is 17.1 Å². The summed E-state index contributed by atoms with van der Waals surface area (Å²) in [5, 5.41) is 10.2. The fourth-order valence-electron chi connectivity index (χ4n) is 6.05. The molecule has 3 aromatic carbocycles. The van der Waals surface area contributed by atoms with Crippen molar-refractivity contribution in [1.29, 1.82) is 0 Å². The second kappa shape index (κ2) is 10.6. The van der Waals surface area contributed by atoms with E-state index in [0.717, 1.165) is 24.6 Å². The number of nitrogens with zero attached hydrogens (tertiary/aromatic N) is 2. The van der Waals surface area contributed by atoms with Gasteiger partial charge in [-0.05, 0) is 60.7 Å². The van der Waals surface area contributed by atoms with Gasteiger partial charge in [-0.2, -0.15) is 17.5 Å². The van der Waals surface area contributed by atoms with Crippen LogP contribution in [-0.4, -0.2) is 61.1 Å². The third-order valence-electron chi connectivity index (χ3n) is 7.95. The number of benzene rings is 3. The molecule has 0 amide bonds. The molecule has 3 aromatic rings. The number of rotatable bonds is 5.